The molecule has 3 aromatic heterocycles. The van der Waals surface area contributed by atoms with Gasteiger partial charge in [-0.1, -0.05) is 43.3 Å². The van der Waals surface area contributed by atoms with E-state index < -0.39 is 0 Å². The molecule has 0 saturated heterocycles. The van der Waals surface area contributed by atoms with Gasteiger partial charge in [0, 0.05) is 54.4 Å². The van der Waals surface area contributed by atoms with E-state index in [1.165, 1.54) is 4.57 Å². The van der Waals surface area contributed by atoms with Crippen LogP contribution in [0.15, 0.2) is 65.7 Å². The summed E-state index contributed by atoms with van der Waals surface area (Å²) in [4.78, 5) is 13.7. The highest BCUT2D eigenvalue weighted by Gasteiger charge is 2.25. The Morgan fingerprint density at radius 2 is 1.57 bits per heavy atom. The third kappa shape index (κ3) is 3.67. The molecule has 3 heterocycles. The molecule has 5 rings (SSSR count). The van der Waals surface area contributed by atoms with Crippen LogP contribution in [0.5, 0.6) is 0 Å². The van der Waals surface area contributed by atoms with Gasteiger partial charge in [-0.05, 0) is 37.9 Å². The summed E-state index contributed by atoms with van der Waals surface area (Å²) in [6, 6.07) is 18.6. The minimum absolute atomic E-state index is 0.226. The smallest absolute Gasteiger partial charge is 0.334 e. The minimum Gasteiger partial charge on any atom is -0.347 e. The molecule has 5 aromatic rings. The maximum Gasteiger partial charge on any atom is 0.334 e. The summed E-state index contributed by atoms with van der Waals surface area (Å²) in [6.07, 6.45) is 7.01. The van der Waals surface area contributed by atoms with Gasteiger partial charge in [0.25, 0.3) is 0 Å². The molecule has 0 unspecified atom stereocenters. The van der Waals surface area contributed by atoms with E-state index in [4.69, 9.17) is 5.73 Å². The first kappa shape index (κ1) is 22.8. The first-order valence-electron chi connectivity index (χ1n) is 12.2. The Kier molecular flexibility index (Phi) is 6.06. The Morgan fingerprint density at radius 1 is 0.914 bits per heavy atom. The van der Waals surface area contributed by atoms with Gasteiger partial charge in [-0.15, -0.1) is 0 Å². The second kappa shape index (κ2) is 9.32. The molecular weight excluding hydrogens is 436 g/mol. The van der Waals surface area contributed by atoms with E-state index in [0.717, 1.165) is 65.4 Å². The van der Waals surface area contributed by atoms with Crippen LogP contribution in [0.2, 0.25) is 0 Å². The Labute approximate surface area is 204 Å². The zero-order valence-electron chi connectivity index (χ0n) is 20.2. The van der Waals surface area contributed by atoms with Crippen molar-refractivity contribution in [2.24, 2.45) is 12.8 Å². The monoisotopic (exact) mass is 466 g/mol. The quantitative estimate of drug-likeness (QED) is 0.334. The van der Waals surface area contributed by atoms with Crippen molar-refractivity contribution in [1.29, 1.82) is 5.26 Å². The molecule has 2 N–H and O–H groups in total. The summed E-state index contributed by atoms with van der Waals surface area (Å²) in [5.41, 5.74) is 10.3. The molecular formula is C28H30N6O. The van der Waals surface area contributed by atoms with E-state index in [1.807, 2.05) is 36.5 Å². The molecule has 0 radical (unpaired) electrons. The molecule has 2 aromatic carbocycles. The molecule has 0 saturated carbocycles. The van der Waals surface area contributed by atoms with Crippen LogP contribution in [0.4, 0.5) is 0 Å². The Hall–Kier alpha value is -4.02. The fraction of sp³-hybridized carbons (Fsp3) is 0.286. The zero-order chi connectivity index (χ0) is 24.5. The lowest BCUT2D eigenvalue weighted by Gasteiger charge is -2.06. The van der Waals surface area contributed by atoms with E-state index >= 15 is 0 Å². The Morgan fingerprint density at radius 3 is 2.26 bits per heavy atom. The van der Waals surface area contributed by atoms with Gasteiger partial charge in [-0.2, -0.15) is 5.26 Å². The molecule has 0 aliphatic rings. The van der Waals surface area contributed by atoms with Crippen LogP contribution in [0, 0.1) is 11.3 Å². The number of benzene rings is 2. The second-order valence-electron chi connectivity index (χ2n) is 8.96. The summed E-state index contributed by atoms with van der Waals surface area (Å²) in [5.74, 6) is 0. The number of imidazole rings is 1. The van der Waals surface area contributed by atoms with Gasteiger partial charge in [0.05, 0.1) is 16.9 Å². The second-order valence-corrected chi connectivity index (χ2v) is 8.96. The van der Waals surface area contributed by atoms with Crippen molar-refractivity contribution in [2.45, 2.75) is 39.3 Å². The molecule has 0 atom stereocenters. The fourth-order valence-corrected chi connectivity index (χ4v) is 5.08. The normalized spacial score (nSPS) is 11.5. The summed E-state index contributed by atoms with van der Waals surface area (Å²) >= 11 is 0. The number of aryl methyl sites for hydroxylation is 2. The number of nitriles is 1. The van der Waals surface area contributed by atoms with Crippen molar-refractivity contribution in [3.8, 4) is 23.0 Å². The van der Waals surface area contributed by atoms with Crippen molar-refractivity contribution in [2.75, 3.05) is 6.54 Å². The average Bonchev–Trinajstić information content (AvgIpc) is 3.50. The van der Waals surface area contributed by atoms with Crippen LogP contribution in [0.1, 0.15) is 31.9 Å². The molecule has 7 heteroatoms. The molecule has 0 bridgehead atoms. The molecule has 0 aliphatic carbocycles. The number of rotatable bonds is 8. The summed E-state index contributed by atoms with van der Waals surface area (Å²) in [5, 5.41) is 12.2. The maximum atomic E-state index is 13.7. The lowest BCUT2D eigenvalue weighted by atomic mass is 10.1. The molecule has 0 amide bonds. The highest BCUT2D eigenvalue weighted by Crippen LogP contribution is 2.36. The lowest BCUT2D eigenvalue weighted by molar-refractivity contribution is 0.630. The van der Waals surface area contributed by atoms with Gasteiger partial charge in [-0.25, -0.2) is 4.79 Å². The minimum atomic E-state index is -0.226. The number of para-hydroxylation sites is 2. The molecule has 0 spiro atoms. The standard InChI is InChI=1S/C28H30N6O/c1-3-15-32-19-26(21-11-5-7-13-24(21)32)34-27(25(17-30)31(2)28(34)35)22-18-33(16-9-8-14-29)23-12-6-4-10-20(22)23/h4-7,10-13,18-19H,3,8-9,14-16,29H2,1-2H3. The lowest BCUT2D eigenvalue weighted by Crippen LogP contribution is -2.21. The van der Waals surface area contributed by atoms with E-state index in [2.05, 4.69) is 46.5 Å². The van der Waals surface area contributed by atoms with Gasteiger partial charge < -0.3 is 14.9 Å². The van der Waals surface area contributed by atoms with Crippen LogP contribution in [-0.2, 0) is 20.1 Å². The largest absolute Gasteiger partial charge is 0.347 e. The Balaban J connectivity index is 1.83. The zero-order valence-corrected chi connectivity index (χ0v) is 20.2. The maximum absolute atomic E-state index is 13.7. The van der Waals surface area contributed by atoms with Gasteiger partial charge in [0.1, 0.15) is 11.8 Å². The van der Waals surface area contributed by atoms with Gasteiger partial charge >= 0.3 is 5.69 Å². The van der Waals surface area contributed by atoms with Crippen molar-refractivity contribution in [3.05, 3.63) is 77.1 Å². The Bertz CT molecular complexity index is 1620. The van der Waals surface area contributed by atoms with Crippen LogP contribution < -0.4 is 11.4 Å². The molecule has 0 aliphatic heterocycles. The van der Waals surface area contributed by atoms with Crippen LogP contribution in [0.25, 0.3) is 38.8 Å². The van der Waals surface area contributed by atoms with E-state index in [0.29, 0.717) is 17.9 Å². The first-order chi connectivity index (χ1) is 17.1. The van der Waals surface area contributed by atoms with Crippen molar-refractivity contribution in [3.63, 3.8) is 0 Å². The SMILES string of the molecule is CCCn1cc(-n2c(-c3cn(CCCCN)c4ccccc34)c(C#N)n(C)c2=O)c2ccccc21. The predicted octanol–water partition coefficient (Wildman–Crippen LogP) is 4.77. The van der Waals surface area contributed by atoms with Gasteiger partial charge in [0.2, 0.25) is 0 Å². The average molecular weight is 467 g/mol. The van der Waals surface area contributed by atoms with E-state index in [-0.39, 0.29) is 5.69 Å². The topological polar surface area (TPSA) is 86.6 Å². The molecule has 35 heavy (non-hydrogen) atoms. The number of nitrogens with two attached hydrogens (primary N) is 1. The molecule has 0 fully saturated rings. The number of unbranched alkanes of at least 4 members (excludes halogenated alkanes) is 1. The van der Waals surface area contributed by atoms with Crippen LogP contribution in [0.3, 0.4) is 0 Å². The van der Waals surface area contributed by atoms with E-state index in [1.54, 1.807) is 11.6 Å². The highest BCUT2D eigenvalue weighted by atomic mass is 16.1. The van der Waals surface area contributed by atoms with Gasteiger partial charge in [0.15, 0.2) is 0 Å². The summed E-state index contributed by atoms with van der Waals surface area (Å²) < 4.78 is 7.58. The predicted molar refractivity (Wildman–Crippen MR) is 141 cm³/mol. The number of fused-ring (bicyclic) bond motifs is 2. The van der Waals surface area contributed by atoms with E-state index in [9.17, 15) is 10.1 Å². The van der Waals surface area contributed by atoms with Crippen molar-refractivity contribution >= 4 is 21.8 Å². The van der Waals surface area contributed by atoms with Crippen LogP contribution in [-0.4, -0.2) is 24.8 Å². The van der Waals surface area contributed by atoms with Gasteiger partial charge in [-0.3, -0.25) is 9.13 Å². The summed E-state index contributed by atoms with van der Waals surface area (Å²) in [7, 11) is 1.67. The number of nitrogens with zero attached hydrogens (tertiary/aromatic N) is 5. The third-order valence-corrected chi connectivity index (χ3v) is 6.74. The molecule has 178 valence electrons. The van der Waals surface area contributed by atoms with Crippen LogP contribution >= 0.6 is 0 Å². The molecule has 7 nitrogen and oxygen atoms in total. The fourth-order valence-electron chi connectivity index (χ4n) is 5.08. The third-order valence-electron chi connectivity index (χ3n) is 6.74. The highest BCUT2D eigenvalue weighted by molar-refractivity contribution is 5.98. The van der Waals surface area contributed by atoms with Crippen molar-refractivity contribution < 1.29 is 0 Å². The van der Waals surface area contributed by atoms with Crippen molar-refractivity contribution in [1.82, 2.24) is 18.3 Å². The summed E-state index contributed by atoms with van der Waals surface area (Å²) in [6.45, 7) is 4.47. The number of hydrogen-bond donors (Lipinski definition) is 1. The first-order valence-corrected chi connectivity index (χ1v) is 12.2. The number of hydrogen-bond acceptors (Lipinski definition) is 3. The number of aromatic nitrogens is 4.